The lowest BCUT2D eigenvalue weighted by Gasteiger charge is -2.35. The molecule has 126 valence electrons. The monoisotopic (exact) mass is 319 g/mol. The third kappa shape index (κ3) is 5.56. The van der Waals surface area contributed by atoms with E-state index < -0.39 is 0 Å². The number of benzene rings is 1. The van der Waals surface area contributed by atoms with Gasteiger partial charge in [-0.25, -0.2) is 4.79 Å². The van der Waals surface area contributed by atoms with E-state index in [1.54, 1.807) is 4.90 Å². The first kappa shape index (κ1) is 17.3. The van der Waals surface area contributed by atoms with Gasteiger partial charge in [-0.2, -0.15) is 0 Å². The Labute approximate surface area is 137 Å². The predicted octanol–water partition coefficient (Wildman–Crippen LogP) is 1.43. The molecule has 0 aromatic heterocycles. The molecule has 1 aliphatic heterocycles. The van der Waals surface area contributed by atoms with Gasteiger partial charge in [0.1, 0.15) is 0 Å². The van der Waals surface area contributed by atoms with E-state index in [4.69, 9.17) is 4.74 Å². The molecule has 1 fully saturated rings. The van der Waals surface area contributed by atoms with Crippen LogP contribution in [0, 0.1) is 6.92 Å². The second-order valence-electron chi connectivity index (χ2n) is 6.08. The second kappa shape index (κ2) is 7.97. The average molecular weight is 319 g/mol. The molecule has 0 spiro atoms. The van der Waals surface area contributed by atoms with E-state index in [9.17, 15) is 9.59 Å². The van der Waals surface area contributed by atoms with Crippen molar-refractivity contribution in [3.8, 4) is 0 Å². The van der Waals surface area contributed by atoms with Crippen LogP contribution in [0.1, 0.15) is 25.0 Å². The third-order valence-electron chi connectivity index (χ3n) is 3.75. The number of ether oxygens (including phenoxy) is 1. The number of hydrogen-bond donors (Lipinski definition) is 2. The quantitative estimate of drug-likeness (QED) is 0.882. The van der Waals surface area contributed by atoms with E-state index in [1.165, 1.54) is 5.56 Å². The minimum absolute atomic E-state index is 0.000822. The molecular formula is C17H25N3O3. The maximum absolute atomic E-state index is 12.1. The first-order valence-corrected chi connectivity index (χ1v) is 7.94. The zero-order chi connectivity index (χ0) is 16.8. The van der Waals surface area contributed by atoms with Crippen LogP contribution in [0.25, 0.3) is 0 Å². The molecule has 1 aliphatic rings. The highest BCUT2D eigenvalue weighted by Gasteiger charge is 2.25. The summed E-state index contributed by atoms with van der Waals surface area (Å²) in [4.78, 5) is 25.7. The number of carbonyl (C=O) groups excluding carboxylic acids is 2. The number of nitrogens with one attached hydrogen (secondary N) is 2. The summed E-state index contributed by atoms with van der Waals surface area (Å²) < 4.78 is 5.59. The molecule has 1 aromatic rings. The molecule has 6 nitrogen and oxygen atoms in total. The van der Waals surface area contributed by atoms with Gasteiger partial charge in [0.15, 0.2) is 0 Å². The van der Waals surface area contributed by atoms with Crippen molar-refractivity contribution in [1.82, 2.24) is 15.5 Å². The number of morpholine rings is 1. The summed E-state index contributed by atoms with van der Waals surface area (Å²) in [6, 6.07) is 7.60. The average Bonchev–Trinajstić information content (AvgIpc) is 2.51. The van der Waals surface area contributed by atoms with Gasteiger partial charge in [-0.05, 0) is 26.3 Å². The molecule has 0 bridgehead atoms. The van der Waals surface area contributed by atoms with Crippen molar-refractivity contribution in [3.05, 3.63) is 35.4 Å². The Morgan fingerprint density at radius 3 is 2.35 bits per heavy atom. The Balaban J connectivity index is 1.71. The first-order valence-electron chi connectivity index (χ1n) is 7.94. The van der Waals surface area contributed by atoms with Gasteiger partial charge >= 0.3 is 6.03 Å². The second-order valence-corrected chi connectivity index (χ2v) is 6.08. The number of aryl methyl sites for hydroxylation is 1. The molecule has 0 saturated carbocycles. The Morgan fingerprint density at radius 2 is 1.74 bits per heavy atom. The number of carbonyl (C=O) groups is 2. The van der Waals surface area contributed by atoms with Gasteiger partial charge in [-0.15, -0.1) is 0 Å². The zero-order valence-corrected chi connectivity index (χ0v) is 14.0. The summed E-state index contributed by atoms with van der Waals surface area (Å²) in [7, 11) is 0. The van der Waals surface area contributed by atoms with Crippen molar-refractivity contribution in [1.29, 1.82) is 0 Å². The van der Waals surface area contributed by atoms with E-state index in [-0.39, 0.29) is 30.7 Å². The molecule has 2 N–H and O–H groups in total. The molecule has 2 rings (SSSR count). The van der Waals surface area contributed by atoms with E-state index >= 15 is 0 Å². The van der Waals surface area contributed by atoms with Gasteiger partial charge in [-0.3, -0.25) is 4.79 Å². The molecule has 1 saturated heterocycles. The molecule has 2 atom stereocenters. The molecule has 0 unspecified atom stereocenters. The summed E-state index contributed by atoms with van der Waals surface area (Å²) in [6.07, 6.45) is 0.0520. The predicted molar refractivity (Wildman–Crippen MR) is 88.0 cm³/mol. The van der Waals surface area contributed by atoms with Crippen molar-refractivity contribution in [2.45, 2.75) is 39.5 Å². The molecular weight excluding hydrogens is 294 g/mol. The maximum atomic E-state index is 12.1. The smallest absolute Gasteiger partial charge is 0.315 e. The van der Waals surface area contributed by atoms with Crippen molar-refractivity contribution in [2.75, 3.05) is 19.6 Å². The minimum atomic E-state index is -0.340. The SMILES string of the molecule is Cc1ccc(CNC(=O)NCC(=O)N2C[C@H](C)O[C@@H](C)C2)cc1. The van der Waals surface area contributed by atoms with Gasteiger partial charge in [0.2, 0.25) is 5.91 Å². The summed E-state index contributed by atoms with van der Waals surface area (Å²) in [5.41, 5.74) is 2.20. The maximum Gasteiger partial charge on any atom is 0.315 e. The lowest BCUT2D eigenvalue weighted by Crippen LogP contribution is -2.51. The van der Waals surface area contributed by atoms with Crippen molar-refractivity contribution in [3.63, 3.8) is 0 Å². The molecule has 0 radical (unpaired) electrons. The van der Waals surface area contributed by atoms with E-state index in [2.05, 4.69) is 10.6 Å². The molecule has 1 heterocycles. The van der Waals surface area contributed by atoms with Crippen LogP contribution in [0.2, 0.25) is 0 Å². The Morgan fingerprint density at radius 1 is 1.13 bits per heavy atom. The highest BCUT2D eigenvalue weighted by atomic mass is 16.5. The fourth-order valence-corrected chi connectivity index (χ4v) is 2.60. The van der Waals surface area contributed by atoms with E-state index in [0.717, 1.165) is 5.56 Å². The van der Waals surface area contributed by atoms with E-state index in [1.807, 2.05) is 45.0 Å². The van der Waals surface area contributed by atoms with Crippen molar-refractivity contribution >= 4 is 11.9 Å². The molecule has 3 amide bonds. The van der Waals surface area contributed by atoms with Gasteiger partial charge in [0.05, 0.1) is 18.8 Å². The van der Waals surface area contributed by atoms with Crippen LogP contribution in [0.15, 0.2) is 24.3 Å². The molecule has 1 aromatic carbocycles. The zero-order valence-electron chi connectivity index (χ0n) is 14.0. The largest absolute Gasteiger partial charge is 0.372 e. The van der Waals surface area contributed by atoms with Crippen LogP contribution < -0.4 is 10.6 Å². The van der Waals surface area contributed by atoms with Gasteiger partial charge in [-0.1, -0.05) is 29.8 Å². The molecule has 6 heteroatoms. The van der Waals surface area contributed by atoms with Crippen LogP contribution >= 0.6 is 0 Å². The number of amides is 3. The molecule has 0 aliphatic carbocycles. The number of nitrogens with zero attached hydrogens (tertiary/aromatic N) is 1. The molecule has 23 heavy (non-hydrogen) atoms. The lowest BCUT2D eigenvalue weighted by molar-refractivity contribution is -0.142. The van der Waals surface area contributed by atoms with E-state index in [0.29, 0.717) is 19.6 Å². The normalized spacial score (nSPS) is 20.9. The summed E-state index contributed by atoms with van der Waals surface area (Å²) in [6.45, 7) is 7.47. The van der Waals surface area contributed by atoms with Crippen molar-refractivity contribution in [2.24, 2.45) is 0 Å². The Hall–Kier alpha value is -2.08. The van der Waals surface area contributed by atoms with Gasteiger partial charge < -0.3 is 20.3 Å². The number of urea groups is 1. The van der Waals surface area contributed by atoms with Crippen LogP contribution in [0.4, 0.5) is 4.79 Å². The van der Waals surface area contributed by atoms with Crippen LogP contribution in [0.5, 0.6) is 0 Å². The highest BCUT2D eigenvalue weighted by molar-refractivity contribution is 5.84. The fraction of sp³-hybridized carbons (Fsp3) is 0.529. The lowest BCUT2D eigenvalue weighted by atomic mass is 10.1. The topological polar surface area (TPSA) is 70.7 Å². The minimum Gasteiger partial charge on any atom is -0.372 e. The summed E-state index contributed by atoms with van der Waals surface area (Å²) in [5, 5.41) is 5.36. The third-order valence-corrected chi connectivity index (χ3v) is 3.75. The van der Waals surface area contributed by atoms with Crippen LogP contribution in [-0.2, 0) is 16.1 Å². The first-order chi connectivity index (χ1) is 10.9. The standard InChI is InChI=1S/C17H25N3O3/c1-12-4-6-15(7-5-12)8-18-17(22)19-9-16(21)20-10-13(2)23-14(3)11-20/h4-7,13-14H,8-11H2,1-3H3,(H2,18,19,22)/t13-,14-/m0/s1. The Kier molecular flexibility index (Phi) is 5.98. The number of hydrogen-bond acceptors (Lipinski definition) is 3. The van der Waals surface area contributed by atoms with Gasteiger partial charge in [0.25, 0.3) is 0 Å². The van der Waals surface area contributed by atoms with Gasteiger partial charge in [0, 0.05) is 19.6 Å². The number of rotatable bonds is 4. The highest BCUT2D eigenvalue weighted by Crippen LogP contribution is 2.10. The van der Waals surface area contributed by atoms with Crippen LogP contribution in [-0.4, -0.2) is 48.7 Å². The van der Waals surface area contributed by atoms with Crippen molar-refractivity contribution < 1.29 is 14.3 Å². The summed E-state index contributed by atoms with van der Waals surface area (Å²) >= 11 is 0. The fourth-order valence-electron chi connectivity index (χ4n) is 2.60. The van der Waals surface area contributed by atoms with Crippen LogP contribution in [0.3, 0.4) is 0 Å². The Bertz CT molecular complexity index is 535. The summed E-state index contributed by atoms with van der Waals surface area (Å²) in [5.74, 6) is -0.0857.